The Kier molecular flexibility index (Phi) is 4.47. The Morgan fingerprint density at radius 2 is 1.67 bits per heavy atom. The normalized spacial score (nSPS) is 17.1. The zero-order valence-electron chi connectivity index (χ0n) is 11.6. The van der Waals surface area contributed by atoms with Crippen LogP contribution in [0.2, 0.25) is 0 Å². The van der Waals surface area contributed by atoms with Crippen molar-refractivity contribution in [3.05, 3.63) is 35.9 Å². The summed E-state index contributed by atoms with van der Waals surface area (Å²) in [6.45, 7) is 1.73. The number of urea groups is 1. The van der Waals surface area contributed by atoms with Crippen molar-refractivity contribution in [1.29, 1.82) is 0 Å². The molecule has 0 aromatic heterocycles. The molecule has 1 aromatic carbocycles. The van der Waals surface area contributed by atoms with E-state index in [1.54, 1.807) is 31.2 Å². The largest absolute Gasteiger partial charge is 0.328 e. The molecule has 1 heterocycles. The van der Waals surface area contributed by atoms with Gasteiger partial charge < -0.3 is 0 Å². The van der Waals surface area contributed by atoms with Gasteiger partial charge in [0.2, 0.25) is 11.8 Å². The SMILES string of the molecule is CCC(=O)C[C@@H](c1ccccc1)C1C(=O)NC(=O)NC1=O. The molecule has 0 unspecified atom stereocenters. The van der Waals surface area contributed by atoms with E-state index in [1.807, 2.05) is 6.07 Å². The predicted octanol–water partition coefficient (Wildman–Crippen LogP) is 1.12. The van der Waals surface area contributed by atoms with Crippen LogP contribution in [0.3, 0.4) is 0 Å². The molecule has 1 saturated heterocycles. The van der Waals surface area contributed by atoms with Gasteiger partial charge >= 0.3 is 6.03 Å². The van der Waals surface area contributed by atoms with E-state index < -0.39 is 29.7 Å². The molecule has 2 rings (SSSR count). The van der Waals surface area contributed by atoms with Crippen molar-refractivity contribution in [2.45, 2.75) is 25.7 Å². The first-order chi connectivity index (χ1) is 10.0. The molecule has 1 aliphatic rings. The molecular formula is C15H16N2O4. The highest BCUT2D eigenvalue weighted by Crippen LogP contribution is 2.30. The number of carbonyl (C=O) groups excluding carboxylic acids is 4. The number of imide groups is 2. The van der Waals surface area contributed by atoms with E-state index in [0.29, 0.717) is 6.42 Å². The summed E-state index contributed by atoms with van der Waals surface area (Å²) in [6.07, 6.45) is 0.415. The van der Waals surface area contributed by atoms with Crippen LogP contribution < -0.4 is 10.6 Å². The molecule has 1 aliphatic heterocycles. The molecule has 1 fully saturated rings. The fourth-order valence-electron chi connectivity index (χ4n) is 2.41. The monoisotopic (exact) mass is 288 g/mol. The summed E-state index contributed by atoms with van der Waals surface area (Å²) in [6, 6.07) is 8.09. The highest BCUT2D eigenvalue weighted by Gasteiger charge is 2.41. The van der Waals surface area contributed by atoms with E-state index in [9.17, 15) is 19.2 Å². The lowest BCUT2D eigenvalue weighted by molar-refractivity contribution is -0.137. The third-order valence-corrected chi connectivity index (χ3v) is 3.51. The van der Waals surface area contributed by atoms with Gasteiger partial charge in [0.25, 0.3) is 0 Å². The first-order valence-electron chi connectivity index (χ1n) is 6.75. The molecule has 0 aliphatic carbocycles. The molecule has 4 amide bonds. The second-order valence-corrected chi connectivity index (χ2v) is 4.90. The number of hydrogen-bond acceptors (Lipinski definition) is 4. The van der Waals surface area contributed by atoms with Crippen molar-refractivity contribution in [2.24, 2.45) is 5.92 Å². The smallest absolute Gasteiger partial charge is 0.300 e. The van der Waals surface area contributed by atoms with Crippen LogP contribution in [-0.2, 0) is 14.4 Å². The van der Waals surface area contributed by atoms with Crippen LogP contribution >= 0.6 is 0 Å². The molecular weight excluding hydrogens is 272 g/mol. The second-order valence-electron chi connectivity index (χ2n) is 4.90. The van der Waals surface area contributed by atoms with Crippen molar-refractivity contribution in [3.63, 3.8) is 0 Å². The first-order valence-corrected chi connectivity index (χ1v) is 6.75. The average molecular weight is 288 g/mol. The maximum absolute atomic E-state index is 12.0. The zero-order valence-corrected chi connectivity index (χ0v) is 11.6. The van der Waals surface area contributed by atoms with Crippen molar-refractivity contribution in [3.8, 4) is 0 Å². The van der Waals surface area contributed by atoms with Gasteiger partial charge in [-0.3, -0.25) is 25.0 Å². The Balaban J connectivity index is 2.35. The standard InChI is InChI=1S/C15H16N2O4/c1-2-10(18)8-11(9-6-4-3-5-7-9)12-13(19)16-15(21)17-14(12)20/h3-7,11-12H,2,8H2,1H3,(H2,16,17,19,20,21)/t11-/m0/s1. The van der Waals surface area contributed by atoms with Crippen molar-refractivity contribution >= 4 is 23.6 Å². The number of carbonyl (C=O) groups is 4. The van der Waals surface area contributed by atoms with Crippen LogP contribution in [0, 0.1) is 5.92 Å². The van der Waals surface area contributed by atoms with E-state index in [0.717, 1.165) is 5.56 Å². The van der Waals surface area contributed by atoms with Crippen LogP contribution in [0.4, 0.5) is 4.79 Å². The molecule has 6 heteroatoms. The second kappa shape index (κ2) is 6.30. The molecule has 1 aromatic rings. The van der Waals surface area contributed by atoms with Crippen molar-refractivity contribution < 1.29 is 19.2 Å². The van der Waals surface area contributed by atoms with Crippen LogP contribution in [0.1, 0.15) is 31.2 Å². The number of amides is 4. The summed E-state index contributed by atoms with van der Waals surface area (Å²) in [7, 11) is 0. The number of nitrogens with one attached hydrogen (secondary N) is 2. The zero-order chi connectivity index (χ0) is 15.4. The molecule has 2 N–H and O–H groups in total. The number of barbiturate groups is 1. The van der Waals surface area contributed by atoms with E-state index in [2.05, 4.69) is 10.6 Å². The van der Waals surface area contributed by atoms with Crippen molar-refractivity contribution in [2.75, 3.05) is 0 Å². The summed E-state index contributed by atoms with van der Waals surface area (Å²) in [5.74, 6) is -3.03. The van der Waals surface area contributed by atoms with Gasteiger partial charge in [-0.2, -0.15) is 0 Å². The Hall–Kier alpha value is -2.50. The minimum Gasteiger partial charge on any atom is -0.300 e. The molecule has 0 spiro atoms. The number of Topliss-reactive ketones (excluding diaryl/α,β-unsaturated/α-hetero) is 1. The fourth-order valence-corrected chi connectivity index (χ4v) is 2.41. The van der Waals surface area contributed by atoms with Gasteiger partial charge in [0.1, 0.15) is 11.7 Å². The lowest BCUT2D eigenvalue weighted by Gasteiger charge is -2.28. The van der Waals surface area contributed by atoms with Gasteiger partial charge in [-0.05, 0) is 5.56 Å². The quantitative estimate of drug-likeness (QED) is 0.794. The van der Waals surface area contributed by atoms with E-state index in [1.165, 1.54) is 0 Å². The Morgan fingerprint density at radius 3 is 2.19 bits per heavy atom. The predicted molar refractivity (Wildman–Crippen MR) is 74.3 cm³/mol. The van der Waals surface area contributed by atoms with Crippen LogP contribution in [0.5, 0.6) is 0 Å². The Morgan fingerprint density at radius 1 is 1.10 bits per heavy atom. The summed E-state index contributed by atoms with van der Waals surface area (Å²) in [5.41, 5.74) is 0.726. The minimum absolute atomic E-state index is 0.0404. The van der Waals surface area contributed by atoms with Crippen LogP contribution in [0.15, 0.2) is 30.3 Å². The van der Waals surface area contributed by atoms with Crippen molar-refractivity contribution in [1.82, 2.24) is 10.6 Å². The summed E-state index contributed by atoms with van der Waals surface area (Å²) < 4.78 is 0. The highest BCUT2D eigenvalue weighted by molar-refractivity contribution is 6.16. The average Bonchev–Trinajstić information content (AvgIpc) is 2.46. The highest BCUT2D eigenvalue weighted by atomic mass is 16.2. The Bertz CT molecular complexity index is 563. The molecule has 6 nitrogen and oxygen atoms in total. The molecule has 1 atom stereocenters. The van der Waals surface area contributed by atoms with Gasteiger partial charge in [-0.1, -0.05) is 37.3 Å². The molecule has 0 bridgehead atoms. The number of hydrogen-bond donors (Lipinski definition) is 2. The number of ketones is 1. The van der Waals surface area contributed by atoms with Gasteiger partial charge in [0.15, 0.2) is 0 Å². The van der Waals surface area contributed by atoms with E-state index in [4.69, 9.17) is 0 Å². The third-order valence-electron chi connectivity index (χ3n) is 3.51. The maximum Gasteiger partial charge on any atom is 0.328 e. The summed E-state index contributed by atoms with van der Waals surface area (Å²) in [5, 5.41) is 4.16. The van der Waals surface area contributed by atoms with Gasteiger partial charge in [0.05, 0.1) is 0 Å². The van der Waals surface area contributed by atoms with E-state index in [-0.39, 0.29) is 12.2 Å². The molecule has 110 valence electrons. The summed E-state index contributed by atoms with van der Waals surface area (Å²) in [4.78, 5) is 46.9. The number of rotatable bonds is 5. The third kappa shape index (κ3) is 3.34. The Labute approximate surface area is 121 Å². The van der Waals surface area contributed by atoms with Gasteiger partial charge in [-0.25, -0.2) is 4.79 Å². The van der Waals surface area contributed by atoms with E-state index >= 15 is 0 Å². The molecule has 21 heavy (non-hydrogen) atoms. The molecule has 0 saturated carbocycles. The topological polar surface area (TPSA) is 92.3 Å². The fraction of sp³-hybridized carbons (Fsp3) is 0.333. The van der Waals surface area contributed by atoms with Crippen LogP contribution in [0.25, 0.3) is 0 Å². The summed E-state index contributed by atoms with van der Waals surface area (Å²) >= 11 is 0. The lowest BCUT2D eigenvalue weighted by atomic mass is 9.80. The maximum atomic E-state index is 12.0. The molecule has 0 radical (unpaired) electrons. The first kappa shape index (κ1) is 14.9. The lowest BCUT2D eigenvalue weighted by Crippen LogP contribution is -2.57. The van der Waals surface area contributed by atoms with Gasteiger partial charge in [-0.15, -0.1) is 0 Å². The van der Waals surface area contributed by atoms with Gasteiger partial charge in [0, 0.05) is 18.8 Å². The number of benzene rings is 1. The minimum atomic E-state index is -1.08. The van der Waals surface area contributed by atoms with Crippen LogP contribution in [-0.4, -0.2) is 23.6 Å².